The molecule has 5 heteroatoms. The van der Waals surface area contributed by atoms with Gasteiger partial charge in [0, 0.05) is 45.2 Å². The predicted octanol–water partition coefficient (Wildman–Crippen LogP) is 4.13. The van der Waals surface area contributed by atoms with E-state index in [0.717, 1.165) is 49.9 Å². The highest BCUT2D eigenvalue weighted by molar-refractivity contribution is 6.32. The second-order valence-electron chi connectivity index (χ2n) is 6.33. The number of rotatable bonds is 2. The first-order chi connectivity index (χ1) is 12.7. The molecule has 3 N–H and O–H groups in total. The van der Waals surface area contributed by atoms with Gasteiger partial charge in [-0.15, -0.1) is 0 Å². The Balaban J connectivity index is 2.18. The van der Waals surface area contributed by atoms with E-state index in [9.17, 15) is 9.59 Å². The van der Waals surface area contributed by atoms with Crippen LogP contribution in [0.3, 0.4) is 0 Å². The van der Waals surface area contributed by atoms with Gasteiger partial charge in [-0.3, -0.25) is 9.59 Å². The van der Waals surface area contributed by atoms with Crippen molar-refractivity contribution in [3.8, 4) is 0 Å². The van der Waals surface area contributed by atoms with Crippen LogP contribution < -0.4 is 5.32 Å². The second kappa shape index (κ2) is 5.20. The summed E-state index contributed by atoms with van der Waals surface area (Å²) in [5, 5.41) is 6.07. The number of H-pyrrole nitrogens is 2. The summed E-state index contributed by atoms with van der Waals surface area (Å²) in [6.45, 7) is 0. The van der Waals surface area contributed by atoms with Crippen LogP contribution in [0.2, 0.25) is 0 Å². The van der Waals surface area contributed by atoms with Crippen molar-refractivity contribution < 1.29 is 9.59 Å². The lowest BCUT2D eigenvalue weighted by Crippen LogP contribution is -2.20. The number of hydrogen-bond acceptors (Lipinski definition) is 2. The number of carbonyl (C=O) groups excluding carboxylic acids is 2. The van der Waals surface area contributed by atoms with Crippen LogP contribution in [0.4, 0.5) is 0 Å². The molecule has 0 aliphatic carbocycles. The Morgan fingerprint density at radius 3 is 2.00 bits per heavy atom. The monoisotopic (exact) mass is 341 g/mol. The van der Waals surface area contributed by atoms with Crippen LogP contribution in [0.25, 0.3) is 43.6 Å². The summed E-state index contributed by atoms with van der Waals surface area (Å²) in [7, 11) is 1.58. The van der Waals surface area contributed by atoms with Crippen molar-refractivity contribution >= 4 is 55.8 Å². The van der Waals surface area contributed by atoms with Gasteiger partial charge in [0.1, 0.15) is 0 Å². The number of fused-ring (bicyclic) bond motifs is 7. The average molecular weight is 341 g/mol. The third-order valence-corrected chi connectivity index (χ3v) is 5.02. The predicted molar refractivity (Wildman–Crippen MR) is 104 cm³/mol. The van der Waals surface area contributed by atoms with Gasteiger partial charge < -0.3 is 15.3 Å². The molecule has 126 valence electrons. The van der Waals surface area contributed by atoms with Gasteiger partial charge in [-0.25, -0.2) is 0 Å². The Morgan fingerprint density at radius 1 is 0.885 bits per heavy atom. The highest BCUT2D eigenvalue weighted by Gasteiger charge is 2.24. The molecule has 3 aromatic carbocycles. The summed E-state index contributed by atoms with van der Waals surface area (Å²) in [5.74, 6) is -0.269. The summed E-state index contributed by atoms with van der Waals surface area (Å²) in [5.41, 5.74) is 4.35. The van der Waals surface area contributed by atoms with Gasteiger partial charge in [-0.1, -0.05) is 36.4 Å². The number of amides is 1. The number of para-hydroxylation sites is 2. The minimum absolute atomic E-state index is 0.269. The number of aldehydes is 1. The Kier molecular flexibility index (Phi) is 2.94. The lowest BCUT2D eigenvalue weighted by Gasteiger charge is -2.09. The number of carbonyl (C=O) groups is 2. The van der Waals surface area contributed by atoms with E-state index in [2.05, 4.69) is 15.3 Å². The van der Waals surface area contributed by atoms with Crippen molar-refractivity contribution in [2.75, 3.05) is 7.05 Å². The Bertz CT molecular complexity index is 1360. The summed E-state index contributed by atoms with van der Waals surface area (Å²) >= 11 is 0. The molecule has 0 atom stereocenters. The average Bonchev–Trinajstić information content (AvgIpc) is 3.25. The molecule has 0 radical (unpaired) electrons. The molecular formula is C21H15N3O2. The molecule has 5 rings (SSSR count). The molecule has 0 spiro atoms. The molecule has 0 bridgehead atoms. The SMILES string of the molecule is CNC(=O)c1c(C=O)c2c3ccccc3[nH]c2c2[nH]c3ccccc3c12. The zero-order chi connectivity index (χ0) is 17.8. The number of aromatic amines is 2. The third kappa shape index (κ3) is 1.74. The molecular weight excluding hydrogens is 326 g/mol. The van der Waals surface area contributed by atoms with E-state index in [1.54, 1.807) is 7.05 Å². The van der Waals surface area contributed by atoms with Crippen LogP contribution in [0.5, 0.6) is 0 Å². The zero-order valence-electron chi connectivity index (χ0n) is 14.0. The van der Waals surface area contributed by atoms with Crippen LogP contribution in [-0.4, -0.2) is 29.2 Å². The third-order valence-electron chi connectivity index (χ3n) is 5.02. The maximum absolute atomic E-state index is 12.8. The first-order valence-electron chi connectivity index (χ1n) is 8.38. The molecule has 5 aromatic rings. The highest BCUT2D eigenvalue weighted by atomic mass is 16.1. The molecule has 0 saturated heterocycles. The van der Waals surface area contributed by atoms with Crippen molar-refractivity contribution in [2.45, 2.75) is 0 Å². The van der Waals surface area contributed by atoms with Gasteiger partial charge in [0.15, 0.2) is 6.29 Å². The van der Waals surface area contributed by atoms with Crippen LogP contribution in [-0.2, 0) is 0 Å². The van der Waals surface area contributed by atoms with E-state index >= 15 is 0 Å². The van der Waals surface area contributed by atoms with Gasteiger partial charge in [0.05, 0.1) is 16.6 Å². The molecule has 5 nitrogen and oxygen atoms in total. The fourth-order valence-electron chi connectivity index (χ4n) is 3.94. The topological polar surface area (TPSA) is 77.8 Å². The van der Waals surface area contributed by atoms with Crippen LogP contribution in [0, 0.1) is 0 Å². The minimum atomic E-state index is -0.269. The minimum Gasteiger partial charge on any atom is -0.355 e. The van der Waals surface area contributed by atoms with E-state index in [1.807, 2.05) is 48.5 Å². The molecule has 0 fully saturated rings. The molecule has 0 aliphatic heterocycles. The molecule has 26 heavy (non-hydrogen) atoms. The quantitative estimate of drug-likeness (QED) is 0.422. The van der Waals surface area contributed by atoms with Crippen molar-refractivity contribution in [3.05, 3.63) is 59.7 Å². The normalized spacial score (nSPS) is 11.6. The first kappa shape index (κ1) is 14.7. The summed E-state index contributed by atoms with van der Waals surface area (Å²) in [6, 6.07) is 15.6. The molecule has 1 amide bonds. The standard InChI is InChI=1S/C21H15N3O2/c1-22-21(26)18-13(10-25)16-11-6-2-4-8-14(11)23-19(16)20-17(18)12-7-3-5-9-15(12)24-20/h2-10,23-24H,1H3,(H,22,26). The molecule has 0 aliphatic rings. The van der Waals surface area contributed by atoms with Crippen molar-refractivity contribution in [1.82, 2.24) is 15.3 Å². The molecule has 0 saturated carbocycles. The summed E-state index contributed by atoms with van der Waals surface area (Å²) < 4.78 is 0. The van der Waals surface area contributed by atoms with Gasteiger partial charge in [0.2, 0.25) is 0 Å². The lowest BCUT2D eigenvalue weighted by molar-refractivity contribution is 0.0959. The highest BCUT2D eigenvalue weighted by Crippen LogP contribution is 2.39. The van der Waals surface area contributed by atoms with Gasteiger partial charge in [0.25, 0.3) is 5.91 Å². The Hall–Kier alpha value is -3.60. The maximum atomic E-state index is 12.8. The van der Waals surface area contributed by atoms with Gasteiger partial charge >= 0.3 is 0 Å². The van der Waals surface area contributed by atoms with E-state index < -0.39 is 0 Å². The number of benzene rings is 3. The molecule has 2 heterocycles. The van der Waals surface area contributed by atoms with Crippen molar-refractivity contribution in [1.29, 1.82) is 0 Å². The van der Waals surface area contributed by atoms with E-state index in [-0.39, 0.29) is 5.91 Å². The second-order valence-corrected chi connectivity index (χ2v) is 6.33. The van der Waals surface area contributed by atoms with Crippen LogP contribution >= 0.6 is 0 Å². The maximum Gasteiger partial charge on any atom is 0.252 e. The van der Waals surface area contributed by atoms with Crippen LogP contribution in [0.1, 0.15) is 20.7 Å². The summed E-state index contributed by atoms with van der Waals surface area (Å²) in [4.78, 5) is 31.7. The first-order valence-corrected chi connectivity index (χ1v) is 8.38. The fraction of sp³-hybridized carbons (Fsp3) is 0.0476. The molecule has 2 aromatic heterocycles. The van der Waals surface area contributed by atoms with Crippen molar-refractivity contribution in [3.63, 3.8) is 0 Å². The van der Waals surface area contributed by atoms with E-state index in [4.69, 9.17) is 0 Å². The Morgan fingerprint density at radius 2 is 1.42 bits per heavy atom. The number of nitrogens with one attached hydrogen (secondary N) is 3. The zero-order valence-corrected chi connectivity index (χ0v) is 14.0. The number of aromatic nitrogens is 2. The largest absolute Gasteiger partial charge is 0.355 e. The fourth-order valence-corrected chi connectivity index (χ4v) is 3.94. The van der Waals surface area contributed by atoms with Gasteiger partial charge in [-0.05, 0) is 12.1 Å². The smallest absolute Gasteiger partial charge is 0.252 e. The molecule has 0 unspecified atom stereocenters. The van der Waals surface area contributed by atoms with E-state index in [1.165, 1.54) is 0 Å². The van der Waals surface area contributed by atoms with E-state index in [0.29, 0.717) is 11.1 Å². The van der Waals surface area contributed by atoms with Crippen molar-refractivity contribution in [2.24, 2.45) is 0 Å². The Labute approximate surface area is 148 Å². The summed E-state index contributed by atoms with van der Waals surface area (Å²) in [6.07, 6.45) is 0.786. The lowest BCUT2D eigenvalue weighted by atomic mass is 9.95. The number of hydrogen-bond donors (Lipinski definition) is 3. The van der Waals surface area contributed by atoms with Gasteiger partial charge in [-0.2, -0.15) is 0 Å². The van der Waals surface area contributed by atoms with Crippen LogP contribution in [0.15, 0.2) is 48.5 Å².